The number of methoxy groups -OCH3 is 1. The zero-order valence-corrected chi connectivity index (χ0v) is 13.6. The standard InChI is InChI=1S/C17H25ClN2O/c1-21-17-15(6-9-20-10-7-19-8-11-20)14-5-3-2-4-13(14)12-16(17)18/h12,19H,2-11H2,1H3. The monoisotopic (exact) mass is 308 g/mol. The van der Waals surface area contributed by atoms with Crippen molar-refractivity contribution in [3.05, 3.63) is 27.8 Å². The molecule has 2 aliphatic rings. The zero-order valence-electron chi connectivity index (χ0n) is 12.9. The van der Waals surface area contributed by atoms with Gasteiger partial charge in [0.1, 0.15) is 5.75 Å². The maximum Gasteiger partial charge on any atom is 0.140 e. The SMILES string of the molecule is COc1c(Cl)cc2c(c1CCN1CCNCC1)CCCC2. The molecule has 1 aliphatic carbocycles. The number of nitrogens with zero attached hydrogens (tertiary/aromatic N) is 1. The van der Waals surface area contributed by atoms with Crippen LogP contribution in [0.15, 0.2) is 6.07 Å². The third kappa shape index (κ3) is 3.36. The molecule has 0 bridgehead atoms. The van der Waals surface area contributed by atoms with Gasteiger partial charge in [0.15, 0.2) is 0 Å². The summed E-state index contributed by atoms with van der Waals surface area (Å²) >= 11 is 6.44. The Labute approximate surface area is 132 Å². The predicted molar refractivity (Wildman–Crippen MR) is 87.7 cm³/mol. The van der Waals surface area contributed by atoms with Gasteiger partial charge in [-0.05, 0) is 49.3 Å². The first kappa shape index (κ1) is 15.1. The van der Waals surface area contributed by atoms with E-state index in [0.717, 1.165) is 49.9 Å². The summed E-state index contributed by atoms with van der Waals surface area (Å²) in [6.07, 6.45) is 5.97. The highest BCUT2D eigenvalue weighted by Gasteiger charge is 2.21. The van der Waals surface area contributed by atoms with Gasteiger partial charge in [-0.15, -0.1) is 0 Å². The lowest BCUT2D eigenvalue weighted by atomic mass is 9.86. The molecule has 3 rings (SSSR count). The molecule has 1 saturated heterocycles. The highest BCUT2D eigenvalue weighted by atomic mass is 35.5. The van der Waals surface area contributed by atoms with Crippen LogP contribution >= 0.6 is 11.6 Å². The second kappa shape index (κ2) is 6.99. The van der Waals surface area contributed by atoms with Gasteiger partial charge in [-0.25, -0.2) is 0 Å². The minimum absolute atomic E-state index is 0.786. The molecular formula is C17H25ClN2O. The fourth-order valence-corrected chi connectivity index (χ4v) is 3.95. The molecule has 0 amide bonds. The molecule has 1 aliphatic heterocycles. The number of rotatable bonds is 4. The molecule has 3 nitrogen and oxygen atoms in total. The van der Waals surface area contributed by atoms with Crippen LogP contribution in [-0.4, -0.2) is 44.7 Å². The van der Waals surface area contributed by atoms with Crippen molar-refractivity contribution < 1.29 is 4.74 Å². The average molecular weight is 309 g/mol. The fraction of sp³-hybridized carbons (Fsp3) is 0.647. The first-order valence-electron chi connectivity index (χ1n) is 8.10. The van der Waals surface area contributed by atoms with Crippen molar-refractivity contribution in [1.29, 1.82) is 0 Å². The maximum atomic E-state index is 6.44. The fourth-order valence-electron chi connectivity index (χ4n) is 3.62. The molecule has 1 heterocycles. The summed E-state index contributed by atoms with van der Waals surface area (Å²) in [6, 6.07) is 2.13. The summed E-state index contributed by atoms with van der Waals surface area (Å²) in [5.41, 5.74) is 4.32. The smallest absolute Gasteiger partial charge is 0.140 e. The number of piperazine rings is 1. The first-order chi connectivity index (χ1) is 10.3. The lowest BCUT2D eigenvalue weighted by molar-refractivity contribution is 0.243. The zero-order chi connectivity index (χ0) is 14.7. The van der Waals surface area contributed by atoms with Crippen LogP contribution in [-0.2, 0) is 19.3 Å². The average Bonchev–Trinajstić information content (AvgIpc) is 2.53. The molecule has 1 N–H and O–H groups in total. The van der Waals surface area contributed by atoms with Gasteiger partial charge in [-0.1, -0.05) is 11.6 Å². The molecule has 0 spiro atoms. The number of nitrogens with one attached hydrogen (secondary N) is 1. The Bertz CT molecular complexity index is 498. The van der Waals surface area contributed by atoms with Crippen LogP contribution in [0, 0.1) is 0 Å². The van der Waals surface area contributed by atoms with Gasteiger partial charge in [-0.2, -0.15) is 0 Å². The van der Waals surface area contributed by atoms with Gasteiger partial charge in [0.25, 0.3) is 0 Å². The van der Waals surface area contributed by atoms with E-state index in [9.17, 15) is 0 Å². The van der Waals surface area contributed by atoms with E-state index in [1.54, 1.807) is 7.11 Å². The quantitative estimate of drug-likeness (QED) is 0.925. The van der Waals surface area contributed by atoms with Gasteiger partial charge < -0.3 is 15.0 Å². The summed E-state index contributed by atoms with van der Waals surface area (Å²) in [4.78, 5) is 2.53. The van der Waals surface area contributed by atoms with Crippen LogP contribution in [0.4, 0.5) is 0 Å². The van der Waals surface area contributed by atoms with Crippen molar-refractivity contribution >= 4 is 11.6 Å². The van der Waals surface area contributed by atoms with E-state index in [1.807, 2.05) is 0 Å². The Morgan fingerprint density at radius 1 is 1.24 bits per heavy atom. The van der Waals surface area contributed by atoms with Gasteiger partial charge in [-0.3, -0.25) is 0 Å². The summed E-state index contributed by atoms with van der Waals surface area (Å²) in [5.74, 6) is 0.910. The summed E-state index contributed by atoms with van der Waals surface area (Å²) in [7, 11) is 1.74. The minimum Gasteiger partial charge on any atom is -0.495 e. The molecule has 0 radical (unpaired) electrons. The summed E-state index contributed by atoms with van der Waals surface area (Å²) in [5, 5.41) is 4.19. The van der Waals surface area contributed by atoms with E-state index < -0.39 is 0 Å². The van der Waals surface area contributed by atoms with Gasteiger partial charge in [0.05, 0.1) is 12.1 Å². The van der Waals surface area contributed by atoms with Crippen molar-refractivity contribution in [1.82, 2.24) is 10.2 Å². The van der Waals surface area contributed by atoms with Crippen LogP contribution in [0.2, 0.25) is 5.02 Å². The second-order valence-electron chi connectivity index (χ2n) is 6.06. The molecule has 0 saturated carbocycles. The number of benzene rings is 1. The van der Waals surface area contributed by atoms with E-state index >= 15 is 0 Å². The Morgan fingerprint density at radius 3 is 2.76 bits per heavy atom. The topological polar surface area (TPSA) is 24.5 Å². The normalized spacial score (nSPS) is 19.3. The van der Waals surface area contributed by atoms with Gasteiger partial charge in [0.2, 0.25) is 0 Å². The molecule has 21 heavy (non-hydrogen) atoms. The molecule has 1 fully saturated rings. The van der Waals surface area contributed by atoms with Crippen molar-refractivity contribution in [2.24, 2.45) is 0 Å². The minimum atomic E-state index is 0.786. The number of fused-ring (bicyclic) bond motifs is 1. The Hall–Kier alpha value is -0.770. The predicted octanol–water partition coefficient (Wildman–Crippen LogP) is 2.68. The number of aryl methyl sites for hydroxylation is 1. The molecule has 0 atom stereocenters. The Balaban J connectivity index is 1.82. The van der Waals surface area contributed by atoms with E-state index in [0.29, 0.717) is 0 Å². The molecule has 1 aromatic carbocycles. The van der Waals surface area contributed by atoms with Crippen LogP contribution in [0.3, 0.4) is 0 Å². The van der Waals surface area contributed by atoms with Gasteiger partial charge in [0, 0.05) is 38.3 Å². The van der Waals surface area contributed by atoms with E-state index in [2.05, 4.69) is 16.3 Å². The van der Waals surface area contributed by atoms with Crippen molar-refractivity contribution in [3.8, 4) is 5.75 Å². The third-order valence-corrected chi connectivity index (χ3v) is 5.04. The number of ether oxygens (including phenoxy) is 1. The number of halogens is 1. The van der Waals surface area contributed by atoms with Crippen molar-refractivity contribution in [3.63, 3.8) is 0 Å². The molecule has 0 aromatic heterocycles. The third-order valence-electron chi connectivity index (χ3n) is 4.76. The molecule has 1 aromatic rings. The lowest BCUT2D eigenvalue weighted by Crippen LogP contribution is -2.44. The number of hydrogen-bond donors (Lipinski definition) is 1. The van der Waals surface area contributed by atoms with E-state index in [-0.39, 0.29) is 0 Å². The molecule has 116 valence electrons. The van der Waals surface area contributed by atoms with Crippen molar-refractivity contribution in [2.45, 2.75) is 32.1 Å². The van der Waals surface area contributed by atoms with Crippen LogP contribution in [0.5, 0.6) is 5.75 Å². The largest absolute Gasteiger partial charge is 0.495 e. The molecule has 4 heteroatoms. The maximum absolute atomic E-state index is 6.44. The van der Waals surface area contributed by atoms with Crippen LogP contribution in [0.1, 0.15) is 29.5 Å². The second-order valence-corrected chi connectivity index (χ2v) is 6.46. The lowest BCUT2D eigenvalue weighted by Gasteiger charge is -2.29. The molecule has 0 unspecified atom stereocenters. The molecular weight excluding hydrogens is 284 g/mol. The Kier molecular flexibility index (Phi) is 5.04. The summed E-state index contributed by atoms with van der Waals surface area (Å²) in [6.45, 7) is 5.59. The van der Waals surface area contributed by atoms with Crippen LogP contribution in [0.25, 0.3) is 0 Å². The summed E-state index contributed by atoms with van der Waals surface area (Å²) < 4.78 is 5.62. The van der Waals surface area contributed by atoms with Gasteiger partial charge >= 0.3 is 0 Å². The number of hydrogen-bond acceptors (Lipinski definition) is 3. The van der Waals surface area contributed by atoms with E-state index in [1.165, 1.54) is 42.4 Å². The van der Waals surface area contributed by atoms with Crippen LogP contribution < -0.4 is 10.1 Å². The van der Waals surface area contributed by atoms with E-state index in [4.69, 9.17) is 16.3 Å². The van der Waals surface area contributed by atoms with Crippen molar-refractivity contribution in [2.75, 3.05) is 39.8 Å². The first-order valence-corrected chi connectivity index (χ1v) is 8.47. The Morgan fingerprint density at radius 2 is 2.00 bits per heavy atom. The highest BCUT2D eigenvalue weighted by molar-refractivity contribution is 6.32. The highest BCUT2D eigenvalue weighted by Crippen LogP contribution is 2.37.